The Morgan fingerprint density at radius 2 is 1.03 bits per heavy atom. The van der Waals surface area contributed by atoms with Crippen molar-refractivity contribution in [3.63, 3.8) is 0 Å². The Hall–Kier alpha value is -4.26. The number of esters is 2. The molecule has 0 aliphatic heterocycles. The summed E-state index contributed by atoms with van der Waals surface area (Å²) in [5.41, 5.74) is 14.6. The number of nitrogens with two attached hydrogens (primary N) is 2. The molecule has 0 spiro atoms. The highest BCUT2D eigenvalue weighted by atomic mass is 16.6. The fourth-order valence-corrected chi connectivity index (χ4v) is 3.99. The second kappa shape index (κ2) is 9.08. The van der Waals surface area contributed by atoms with Gasteiger partial charge in [0, 0.05) is 32.9 Å². The van der Waals surface area contributed by atoms with E-state index >= 15 is 0 Å². The SMILES string of the molecule is Nc1c(CCC(=O)OC(=O)CCc2cc(O)c3ccccc3c2N)cc(O)c2ccccc12. The van der Waals surface area contributed by atoms with Crippen LogP contribution in [0.15, 0.2) is 60.7 Å². The van der Waals surface area contributed by atoms with Crippen molar-refractivity contribution in [3.8, 4) is 11.5 Å². The van der Waals surface area contributed by atoms with Crippen LogP contribution in [-0.2, 0) is 27.2 Å². The number of nitrogen functional groups attached to an aromatic ring is 2. The average Bonchev–Trinajstić information content (AvgIpc) is 2.82. The molecule has 4 rings (SSSR count). The Morgan fingerprint density at radius 1 is 0.667 bits per heavy atom. The summed E-state index contributed by atoms with van der Waals surface area (Å²) in [6.07, 6.45) is 0.322. The molecular weight excluding hydrogens is 420 g/mol. The van der Waals surface area contributed by atoms with E-state index < -0.39 is 11.9 Å². The number of hydrogen-bond acceptors (Lipinski definition) is 7. The molecule has 33 heavy (non-hydrogen) atoms. The highest BCUT2D eigenvalue weighted by Crippen LogP contribution is 2.34. The maximum Gasteiger partial charge on any atom is 0.313 e. The maximum absolute atomic E-state index is 12.2. The monoisotopic (exact) mass is 444 g/mol. The van der Waals surface area contributed by atoms with Crippen molar-refractivity contribution in [2.24, 2.45) is 0 Å². The second-order valence-electron chi connectivity index (χ2n) is 7.87. The van der Waals surface area contributed by atoms with E-state index in [1.807, 2.05) is 12.1 Å². The van der Waals surface area contributed by atoms with Gasteiger partial charge in [-0.2, -0.15) is 0 Å². The van der Waals surface area contributed by atoms with Crippen LogP contribution < -0.4 is 11.5 Å². The number of aromatic hydroxyl groups is 2. The lowest BCUT2D eigenvalue weighted by atomic mass is 10.00. The lowest BCUT2D eigenvalue weighted by Gasteiger charge is -2.11. The molecule has 0 aliphatic carbocycles. The van der Waals surface area contributed by atoms with Gasteiger partial charge < -0.3 is 26.4 Å². The normalized spacial score (nSPS) is 11.0. The van der Waals surface area contributed by atoms with Crippen LogP contribution in [0.1, 0.15) is 24.0 Å². The molecular formula is C26H24N2O5. The van der Waals surface area contributed by atoms with Gasteiger partial charge in [-0.3, -0.25) is 9.59 Å². The maximum atomic E-state index is 12.2. The molecule has 0 fully saturated rings. The minimum atomic E-state index is -0.679. The molecule has 6 N–H and O–H groups in total. The number of benzene rings is 4. The third kappa shape index (κ3) is 4.52. The summed E-state index contributed by atoms with van der Waals surface area (Å²) in [5, 5.41) is 23.1. The zero-order valence-corrected chi connectivity index (χ0v) is 17.9. The molecule has 7 heteroatoms. The summed E-state index contributed by atoms with van der Waals surface area (Å²) in [6, 6.07) is 17.4. The molecule has 0 amide bonds. The zero-order chi connectivity index (χ0) is 23.5. The highest BCUT2D eigenvalue weighted by Gasteiger charge is 2.16. The first-order valence-electron chi connectivity index (χ1n) is 10.6. The van der Waals surface area contributed by atoms with Crippen LogP contribution in [0.25, 0.3) is 21.5 Å². The molecule has 0 aliphatic rings. The lowest BCUT2D eigenvalue weighted by molar-refractivity contribution is -0.159. The van der Waals surface area contributed by atoms with Crippen LogP contribution in [0.4, 0.5) is 11.4 Å². The highest BCUT2D eigenvalue weighted by molar-refractivity contribution is 5.99. The number of phenols is 2. The van der Waals surface area contributed by atoms with E-state index in [0.717, 1.165) is 0 Å². The van der Waals surface area contributed by atoms with Crippen LogP contribution in [0.3, 0.4) is 0 Å². The number of fused-ring (bicyclic) bond motifs is 2. The van der Waals surface area contributed by atoms with Crippen LogP contribution >= 0.6 is 0 Å². The number of phenolic OH excluding ortho intramolecular Hbond substituents is 2. The summed E-state index contributed by atoms with van der Waals surface area (Å²) in [7, 11) is 0. The van der Waals surface area contributed by atoms with E-state index in [-0.39, 0.29) is 37.2 Å². The van der Waals surface area contributed by atoms with Crippen LogP contribution in [0.5, 0.6) is 11.5 Å². The Labute approximate surface area is 190 Å². The van der Waals surface area contributed by atoms with E-state index in [9.17, 15) is 19.8 Å². The zero-order valence-electron chi connectivity index (χ0n) is 17.9. The van der Waals surface area contributed by atoms with Gasteiger partial charge in [-0.1, -0.05) is 48.5 Å². The van der Waals surface area contributed by atoms with Gasteiger partial charge in [0.25, 0.3) is 0 Å². The van der Waals surface area contributed by atoms with Crippen molar-refractivity contribution in [1.29, 1.82) is 0 Å². The van der Waals surface area contributed by atoms with Crippen molar-refractivity contribution in [3.05, 3.63) is 71.8 Å². The third-order valence-corrected chi connectivity index (χ3v) is 5.72. The van der Waals surface area contributed by atoms with Crippen molar-refractivity contribution in [2.45, 2.75) is 25.7 Å². The van der Waals surface area contributed by atoms with Gasteiger partial charge in [0.05, 0.1) is 12.8 Å². The van der Waals surface area contributed by atoms with E-state index in [1.165, 1.54) is 12.1 Å². The van der Waals surface area contributed by atoms with Crippen molar-refractivity contribution in [1.82, 2.24) is 0 Å². The number of rotatable bonds is 6. The van der Waals surface area contributed by atoms with E-state index in [2.05, 4.69) is 0 Å². The lowest BCUT2D eigenvalue weighted by Crippen LogP contribution is -2.14. The first-order valence-corrected chi connectivity index (χ1v) is 10.6. The number of carbonyl (C=O) groups is 2. The predicted molar refractivity (Wildman–Crippen MR) is 128 cm³/mol. The molecule has 7 nitrogen and oxygen atoms in total. The molecule has 0 heterocycles. The van der Waals surface area contributed by atoms with Crippen LogP contribution in [-0.4, -0.2) is 22.2 Å². The number of carbonyl (C=O) groups excluding carboxylic acids is 2. The second-order valence-corrected chi connectivity index (χ2v) is 7.87. The number of aryl methyl sites for hydroxylation is 2. The molecule has 0 bridgehead atoms. The van der Waals surface area contributed by atoms with Crippen molar-refractivity contribution in [2.75, 3.05) is 11.5 Å². The van der Waals surface area contributed by atoms with Crippen LogP contribution in [0.2, 0.25) is 0 Å². The number of ether oxygens (including phenoxy) is 1. The standard InChI is InChI=1S/C26H24N2O5/c27-25-15(13-21(29)17-5-1-3-7-19(17)25)9-11-23(31)33-24(32)12-10-16-14-22(30)18-6-2-4-8-20(18)26(16)28/h1-8,13-14,29-30H,9-12,27-28H2. The summed E-state index contributed by atoms with van der Waals surface area (Å²) in [4.78, 5) is 24.4. The van der Waals surface area contributed by atoms with Crippen molar-refractivity contribution >= 4 is 44.9 Å². The van der Waals surface area contributed by atoms with Gasteiger partial charge in [-0.15, -0.1) is 0 Å². The Morgan fingerprint density at radius 3 is 1.42 bits per heavy atom. The molecule has 4 aromatic rings. The minimum Gasteiger partial charge on any atom is -0.507 e. The average molecular weight is 444 g/mol. The van der Waals surface area contributed by atoms with Crippen LogP contribution in [0, 0.1) is 0 Å². The fraction of sp³-hybridized carbons (Fsp3) is 0.154. The molecule has 4 aromatic carbocycles. The first-order chi connectivity index (χ1) is 15.8. The Kier molecular flexibility index (Phi) is 6.04. The number of anilines is 2. The van der Waals surface area contributed by atoms with E-state index in [0.29, 0.717) is 44.0 Å². The Bertz CT molecular complexity index is 1280. The van der Waals surface area contributed by atoms with Crippen molar-refractivity contribution < 1.29 is 24.5 Å². The summed E-state index contributed by atoms with van der Waals surface area (Å²) < 4.78 is 4.92. The largest absolute Gasteiger partial charge is 0.507 e. The summed E-state index contributed by atoms with van der Waals surface area (Å²) >= 11 is 0. The molecule has 0 saturated carbocycles. The molecule has 0 radical (unpaired) electrons. The smallest absolute Gasteiger partial charge is 0.313 e. The van der Waals surface area contributed by atoms with Gasteiger partial charge in [-0.05, 0) is 36.1 Å². The molecule has 0 unspecified atom stereocenters. The molecule has 0 atom stereocenters. The first kappa shape index (κ1) is 22.0. The molecule has 0 saturated heterocycles. The van der Waals surface area contributed by atoms with Gasteiger partial charge >= 0.3 is 11.9 Å². The van der Waals surface area contributed by atoms with E-state index in [4.69, 9.17) is 16.2 Å². The van der Waals surface area contributed by atoms with Gasteiger partial charge in [0.15, 0.2) is 0 Å². The topological polar surface area (TPSA) is 136 Å². The fourth-order valence-electron chi connectivity index (χ4n) is 3.99. The molecule has 0 aromatic heterocycles. The van der Waals surface area contributed by atoms with Gasteiger partial charge in [0.2, 0.25) is 0 Å². The summed E-state index contributed by atoms with van der Waals surface area (Å²) in [6.45, 7) is 0. The minimum absolute atomic E-state index is 0.0629. The quantitative estimate of drug-likeness (QED) is 0.151. The third-order valence-electron chi connectivity index (χ3n) is 5.72. The summed E-state index contributed by atoms with van der Waals surface area (Å²) in [5.74, 6) is -1.20. The number of hydrogen-bond donors (Lipinski definition) is 4. The van der Waals surface area contributed by atoms with Gasteiger partial charge in [0.1, 0.15) is 11.5 Å². The predicted octanol–water partition coefficient (Wildman–Crippen LogP) is 4.20. The van der Waals surface area contributed by atoms with Gasteiger partial charge in [-0.25, -0.2) is 0 Å². The molecule has 168 valence electrons. The Balaban J connectivity index is 1.36. The van der Waals surface area contributed by atoms with E-state index in [1.54, 1.807) is 36.4 Å².